The number of nitrogens with zero attached hydrogens (tertiary/aromatic N) is 2. The molecule has 0 saturated carbocycles. The number of benzene rings is 1. The summed E-state index contributed by atoms with van der Waals surface area (Å²) in [6, 6.07) is 9.74. The summed E-state index contributed by atoms with van der Waals surface area (Å²) in [7, 11) is 6.28. The lowest BCUT2D eigenvalue weighted by atomic mass is 10.2. The summed E-state index contributed by atoms with van der Waals surface area (Å²) in [5, 5.41) is 11.7. The fourth-order valence-electron chi connectivity index (χ4n) is 2.25. The van der Waals surface area contributed by atoms with Gasteiger partial charge in [0.1, 0.15) is 5.75 Å². The molecule has 3 nitrogen and oxygen atoms in total. The molecule has 0 bridgehead atoms. The van der Waals surface area contributed by atoms with Crippen LogP contribution in [-0.2, 0) is 19.6 Å². The topological polar surface area (TPSA) is 26.7 Å². The van der Waals surface area contributed by atoms with Gasteiger partial charge in [0.15, 0.2) is 0 Å². The Morgan fingerprint density at radius 2 is 1.80 bits per heavy atom. The molecule has 1 aromatic heterocycles. The minimum Gasteiger partial charge on any atom is -0.508 e. The second-order valence-electron chi connectivity index (χ2n) is 5.50. The molecule has 0 fully saturated rings. The molecule has 4 heteroatoms. The smallest absolute Gasteiger partial charge is 0.115 e. The van der Waals surface area contributed by atoms with Crippen molar-refractivity contribution in [2.45, 2.75) is 19.6 Å². The normalized spacial score (nSPS) is 11.4. The maximum Gasteiger partial charge on any atom is 0.115 e. The molecule has 0 amide bonds. The first-order chi connectivity index (χ1) is 9.52. The molecule has 2 rings (SSSR count). The summed E-state index contributed by atoms with van der Waals surface area (Å²) in [6.07, 6.45) is 0. The lowest BCUT2D eigenvalue weighted by Crippen LogP contribution is -2.16. The first-order valence-electron chi connectivity index (χ1n) is 6.70. The lowest BCUT2D eigenvalue weighted by molar-refractivity contribution is 0.321. The molecule has 0 radical (unpaired) electrons. The summed E-state index contributed by atoms with van der Waals surface area (Å²) in [5.41, 5.74) is 2.51. The minimum absolute atomic E-state index is 0.334. The zero-order valence-electron chi connectivity index (χ0n) is 12.3. The number of hydrogen-bond donors (Lipinski definition) is 1. The standard InChI is InChI=1S/C16H22N2OS/c1-17(2)9-14-8-16(20-12-14)11-18(3)10-13-5-4-6-15(19)7-13/h4-8,12,19H,9-11H2,1-3H3. The van der Waals surface area contributed by atoms with E-state index in [2.05, 4.69) is 42.4 Å². The quantitative estimate of drug-likeness (QED) is 0.885. The summed E-state index contributed by atoms with van der Waals surface area (Å²) < 4.78 is 0. The first-order valence-corrected chi connectivity index (χ1v) is 7.58. The second kappa shape index (κ2) is 6.88. The highest BCUT2D eigenvalue weighted by molar-refractivity contribution is 7.10. The highest BCUT2D eigenvalue weighted by Crippen LogP contribution is 2.19. The number of phenols is 1. The number of thiophene rings is 1. The summed E-state index contributed by atoms with van der Waals surface area (Å²) in [4.78, 5) is 5.83. The summed E-state index contributed by atoms with van der Waals surface area (Å²) >= 11 is 1.82. The summed E-state index contributed by atoms with van der Waals surface area (Å²) in [6.45, 7) is 2.77. The molecule has 1 aromatic carbocycles. The van der Waals surface area contributed by atoms with Crippen molar-refractivity contribution in [1.29, 1.82) is 0 Å². The molecular formula is C16H22N2OS. The lowest BCUT2D eigenvalue weighted by Gasteiger charge is -2.15. The summed E-state index contributed by atoms with van der Waals surface area (Å²) in [5.74, 6) is 0.334. The van der Waals surface area contributed by atoms with E-state index in [1.165, 1.54) is 10.4 Å². The Hall–Kier alpha value is -1.36. The predicted molar refractivity (Wildman–Crippen MR) is 85.0 cm³/mol. The highest BCUT2D eigenvalue weighted by Gasteiger charge is 2.06. The van der Waals surface area contributed by atoms with Gasteiger partial charge < -0.3 is 10.0 Å². The largest absolute Gasteiger partial charge is 0.508 e. The van der Waals surface area contributed by atoms with Gasteiger partial charge in [0.25, 0.3) is 0 Å². The predicted octanol–water partition coefficient (Wildman–Crippen LogP) is 3.15. The Balaban J connectivity index is 1.91. The average molecular weight is 290 g/mol. The van der Waals surface area contributed by atoms with Crippen LogP contribution in [-0.4, -0.2) is 36.0 Å². The van der Waals surface area contributed by atoms with Crippen molar-refractivity contribution in [3.05, 3.63) is 51.7 Å². The van der Waals surface area contributed by atoms with Crippen molar-refractivity contribution in [2.75, 3.05) is 21.1 Å². The monoisotopic (exact) mass is 290 g/mol. The SMILES string of the molecule is CN(C)Cc1csc(CN(C)Cc2cccc(O)c2)c1. The van der Waals surface area contributed by atoms with Crippen LogP contribution in [0.5, 0.6) is 5.75 Å². The van der Waals surface area contributed by atoms with Crippen molar-refractivity contribution in [1.82, 2.24) is 9.80 Å². The molecule has 108 valence electrons. The molecule has 0 unspecified atom stereocenters. The molecule has 0 aliphatic carbocycles. The van der Waals surface area contributed by atoms with E-state index in [1.54, 1.807) is 6.07 Å². The maximum atomic E-state index is 9.48. The first kappa shape index (κ1) is 15.0. The van der Waals surface area contributed by atoms with Crippen molar-refractivity contribution >= 4 is 11.3 Å². The molecular weight excluding hydrogens is 268 g/mol. The van der Waals surface area contributed by atoms with Gasteiger partial charge in [0.05, 0.1) is 0 Å². The third-order valence-electron chi connectivity index (χ3n) is 3.00. The van der Waals surface area contributed by atoms with Crippen LogP contribution in [0.4, 0.5) is 0 Å². The van der Waals surface area contributed by atoms with Gasteiger partial charge in [-0.25, -0.2) is 0 Å². The van der Waals surface area contributed by atoms with E-state index in [9.17, 15) is 5.11 Å². The molecule has 0 aliphatic rings. The van der Waals surface area contributed by atoms with E-state index in [4.69, 9.17) is 0 Å². The molecule has 0 spiro atoms. The van der Waals surface area contributed by atoms with Gasteiger partial charge >= 0.3 is 0 Å². The maximum absolute atomic E-state index is 9.48. The fourth-order valence-corrected chi connectivity index (χ4v) is 3.21. The van der Waals surface area contributed by atoms with E-state index in [-0.39, 0.29) is 0 Å². The van der Waals surface area contributed by atoms with Crippen molar-refractivity contribution in [3.63, 3.8) is 0 Å². The van der Waals surface area contributed by atoms with E-state index in [0.29, 0.717) is 5.75 Å². The third-order valence-corrected chi connectivity index (χ3v) is 3.97. The van der Waals surface area contributed by atoms with Gasteiger partial charge in [-0.3, -0.25) is 4.90 Å². The number of aromatic hydroxyl groups is 1. The Labute approximate surface area is 125 Å². The zero-order chi connectivity index (χ0) is 14.5. The van der Waals surface area contributed by atoms with Crippen molar-refractivity contribution < 1.29 is 5.11 Å². The Morgan fingerprint density at radius 1 is 1.00 bits per heavy atom. The number of rotatable bonds is 6. The molecule has 0 saturated heterocycles. The Bertz CT molecular complexity index is 551. The van der Waals surface area contributed by atoms with Crippen molar-refractivity contribution in [3.8, 4) is 5.75 Å². The second-order valence-corrected chi connectivity index (χ2v) is 6.50. The zero-order valence-corrected chi connectivity index (χ0v) is 13.2. The minimum atomic E-state index is 0.334. The van der Waals surface area contributed by atoms with Crippen LogP contribution >= 0.6 is 11.3 Å². The van der Waals surface area contributed by atoms with E-state index >= 15 is 0 Å². The van der Waals surface area contributed by atoms with Crippen LogP contribution in [0.2, 0.25) is 0 Å². The average Bonchev–Trinajstić information content (AvgIpc) is 2.75. The fraction of sp³-hybridized carbons (Fsp3) is 0.375. The number of hydrogen-bond acceptors (Lipinski definition) is 4. The van der Waals surface area contributed by atoms with Gasteiger partial charge in [-0.05, 0) is 55.8 Å². The molecule has 2 aromatic rings. The molecule has 0 atom stereocenters. The van der Waals surface area contributed by atoms with Crippen LogP contribution in [0.15, 0.2) is 35.7 Å². The molecule has 1 N–H and O–H groups in total. The van der Waals surface area contributed by atoms with Crippen molar-refractivity contribution in [2.24, 2.45) is 0 Å². The molecule has 1 heterocycles. The third kappa shape index (κ3) is 4.63. The van der Waals surface area contributed by atoms with Crippen LogP contribution in [0.3, 0.4) is 0 Å². The van der Waals surface area contributed by atoms with Gasteiger partial charge in [0.2, 0.25) is 0 Å². The Kier molecular flexibility index (Phi) is 5.17. The van der Waals surface area contributed by atoms with Crippen LogP contribution in [0, 0.1) is 0 Å². The van der Waals surface area contributed by atoms with E-state index < -0.39 is 0 Å². The van der Waals surface area contributed by atoms with Crippen LogP contribution in [0.1, 0.15) is 16.0 Å². The molecule has 20 heavy (non-hydrogen) atoms. The van der Waals surface area contributed by atoms with Crippen LogP contribution < -0.4 is 0 Å². The molecule has 0 aliphatic heterocycles. The van der Waals surface area contributed by atoms with Gasteiger partial charge in [-0.15, -0.1) is 11.3 Å². The number of phenolic OH excluding ortho intramolecular Hbond substituents is 1. The van der Waals surface area contributed by atoms with Gasteiger partial charge in [-0.1, -0.05) is 12.1 Å². The van der Waals surface area contributed by atoms with Gasteiger partial charge in [-0.2, -0.15) is 0 Å². The van der Waals surface area contributed by atoms with E-state index in [0.717, 1.165) is 25.2 Å². The Morgan fingerprint density at radius 3 is 2.50 bits per heavy atom. The highest BCUT2D eigenvalue weighted by atomic mass is 32.1. The van der Waals surface area contributed by atoms with E-state index in [1.807, 2.05) is 29.5 Å². The van der Waals surface area contributed by atoms with Crippen LogP contribution in [0.25, 0.3) is 0 Å². The van der Waals surface area contributed by atoms with Gasteiger partial charge in [0, 0.05) is 24.5 Å².